The minimum atomic E-state index is -1.42. The van der Waals surface area contributed by atoms with E-state index in [9.17, 15) is 23.1 Å². The number of morpholine rings is 1. The van der Waals surface area contributed by atoms with Crippen molar-refractivity contribution in [2.75, 3.05) is 59.7 Å². The van der Waals surface area contributed by atoms with Crippen LogP contribution in [0.2, 0.25) is 0 Å². The van der Waals surface area contributed by atoms with Gasteiger partial charge in [0.25, 0.3) is 0 Å². The van der Waals surface area contributed by atoms with Gasteiger partial charge in [-0.25, -0.2) is 13.2 Å². The summed E-state index contributed by atoms with van der Waals surface area (Å²) in [4.78, 5) is 21.3. The van der Waals surface area contributed by atoms with Gasteiger partial charge in [-0.1, -0.05) is 0 Å². The Morgan fingerprint density at radius 1 is 1.09 bits per heavy atom. The summed E-state index contributed by atoms with van der Waals surface area (Å²) < 4.78 is 73.3. The number of nitrogens with zero attached hydrogens (tertiary/aromatic N) is 3. The second kappa shape index (κ2) is 14.1. The summed E-state index contributed by atoms with van der Waals surface area (Å²) in [5.74, 6) is -4.43. The van der Waals surface area contributed by atoms with Crippen molar-refractivity contribution in [2.45, 2.75) is 38.4 Å². The smallest absolute Gasteiger partial charge is 0.309 e. The van der Waals surface area contributed by atoms with Crippen molar-refractivity contribution in [1.29, 1.82) is 0 Å². The van der Waals surface area contributed by atoms with E-state index < -0.39 is 40.8 Å². The number of rotatable bonds is 12. The molecule has 2 fully saturated rings. The van der Waals surface area contributed by atoms with E-state index in [0.29, 0.717) is 80.5 Å². The van der Waals surface area contributed by atoms with E-state index >= 15 is 4.39 Å². The molecule has 8 nitrogen and oxygen atoms in total. The molecule has 0 saturated carbocycles. The molecule has 1 aromatic heterocycles. The van der Waals surface area contributed by atoms with Crippen molar-refractivity contribution in [2.24, 2.45) is 5.41 Å². The fourth-order valence-corrected chi connectivity index (χ4v) is 6.10. The zero-order valence-corrected chi connectivity index (χ0v) is 24.7. The molecule has 2 aliphatic heterocycles. The lowest BCUT2D eigenvalue weighted by Gasteiger charge is -2.39. The number of methoxy groups -OCH3 is 1. The average molecular weight is 620 g/mol. The molecule has 12 heteroatoms. The highest BCUT2D eigenvalue weighted by molar-refractivity contribution is 5.85. The Bertz CT molecular complexity index is 1460. The number of aromatic nitrogens is 1. The van der Waals surface area contributed by atoms with Crippen LogP contribution < -0.4 is 9.47 Å². The minimum absolute atomic E-state index is 0.0201. The van der Waals surface area contributed by atoms with Gasteiger partial charge in [-0.2, -0.15) is 4.39 Å². The number of carbonyl (C=O) groups is 1. The molecule has 0 bridgehead atoms. The van der Waals surface area contributed by atoms with Crippen molar-refractivity contribution < 1.29 is 41.7 Å². The van der Waals surface area contributed by atoms with Crippen molar-refractivity contribution in [1.82, 2.24) is 14.8 Å². The van der Waals surface area contributed by atoms with E-state index in [1.165, 1.54) is 0 Å². The molecular weight excluding hydrogens is 582 g/mol. The van der Waals surface area contributed by atoms with Crippen molar-refractivity contribution in [3.8, 4) is 11.5 Å². The van der Waals surface area contributed by atoms with Gasteiger partial charge in [0, 0.05) is 55.5 Å². The number of pyridine rings is 1. The molecule has 1 atom stereocenters. The molecule has 2 saturated heterocycles. The lowest BCUT2D eigenvalue weighted by Crippen LogP contribution is -2.45. The fraction of sp³-hybridized carbons (Fsp3) is 0.500. The summed E-state index contributed by atoms with van der Waals surface area (Å²) in [5, 5.41) is 10.9. The standard InChI is InChI=1S/C32H37F4N3O5/c1-42-23-2-3-27-24(18-23)29(21(19-37-27)20-39-10-13-43-14-11-39)25(34)4-5-32(31(40)41)6-8-38(9-7-32)12-15-44-28-17-22(33)16-26(35)30(28)36/h2-3,16-19,25H,4-15,20H2,1H3,(H,40,41)/t25-/m1/s1. The Labute approximate surface area is 253 Å². The maximum atomic E-state index is 16.4. The Morgan fingerprint density at radius 2 is 1.84 bits per heavy atom. The van der Waals surface area contributed by atoms with Gasteiger partial charge in [-0.05, 0) is 62.5 Å². The molecule has 2 aliphatic rings. The first-order chi connectivity index (χ1) is 21.2. The molecule has 3 heterocycles. The number of alkyl halides is 1. The fourth-order valence-electron chi connectivity index (χ4n) is 6.10. The predicted molar refractivity (Wildman–Crippen MR) is 155 cm³/mol. The number of hydrogen-bond donors (Lipinski definition) is 1. The van der Waals surface area contributed by atoms with Crippen LogP contribution in [0.4, 0.5) is 17.6 Å². The van der Waals surface area contributed by atoms with Crippen LogP contribution in [0.15, 0.2) is 36.5 Å². The van der Waals surface area contributed by atoms with E-state index in [2.05, 4.69) is 9.88 Å². The highest BCUT2D eigenvalue weighted by Gasteiger charge is 2.42. The lowest BCUT2D eigenvalue weighted by molar-refractivity contribution is -0.153. The van der Waals surface area contributed by atoms with E-state index in [4.69, 9.17) is 14.2 Å². The molecule has 5 rings (SSSR count). The minimum Gasteiger partial charge on any atom is -0.497 e. The zero-order chi connectivity index (χ0) is 31.3. The Morgan fingerprint density at radius 3 is 2.55 bits per heavy atom. The van der Waals surface area contributed by atoms with E-state index in [1.807, 2.05) is 4.90 Å². The SMILES string of the molecule is COc1ccc2ncc(CN3CCOCC3)c([C@H](F)CCC3(C(=O)O)CCN(CCOc4cc(F)cc(F)c4F)CC3)c2c1. The number of piperidine rings is 1. The zero-order valence-electron chi connectivity index (χ0n) is 24.7. The van der Waals surface area contributed by atoms with E-state index in [-0.39, 0.29) is 19.4 Å². The first kappa shape index (κ1) is 31.9. The number of hydrogen-bond acceptors (Lipinski definition) is 7. The van der Waals surface area contributed by atoms with Crippen LogP contribution in [0.25, 0.3) is 10.9 Å². The van der Waals surface area contributed by atoms with E-state index in [1.54, 1.807) is 31.5 Å². The summed E-state index contributed by atoms with van der Waals surface area (Å²) in [7, 11) is 1.55. The van der Waals surface area contributed by atoms with Crippen LogP contribution in [0.3, 0.4) is 0 Å². The number of halogens is 4. The van der Waals surface area contributed by atoms with Gasteiger partial charge in [0.05, 0.1) is 31.3 Å². The summed E-state index contributed by atoms with van der Waals surface area (Å²) in [6.07, 6.45) is 1.04. The molecule has 3 aromatic rings. The number of carboxylic acid groups (broad SMARTS) is 1. The van der Waals surface area contributed by atoms with Crippen LogP contribution in [0, 0.1) is 22.9 Å². The summed E-state index contributed by atoms with van der Waals surface area (Å²) in [6, 6.07) is 6.58. The summed E-state index contributed by atoms with van der Waals surface area (Å²) in [6.45, 7) is 4.27. The van der Waals surface area contributed by atoms with Crippen LogP contribution in [0.5, 0.6) is 11.5 Å². The molecule has 2 aromatic carbocycles. The monoisotopic (exact) mass is 619 g/mol. The molecule has 0 unspecified atom stereocenters. The third-order valence-corrected chi connectivity index (χ3v) is 8.78. The number of ether oxygens (including phenoxy) is 3. The number of carboxylic acids is 1. The molecule has 0 radical (unpaired) electrons. The van der Waals surface area contributed by atoms with Crippen molar-refractivity contribution in [3.05, 3.63) is 65.1 Å². The van der Waals surface area contributed by atoms with Crippen LogP contribution >= 0.6 is 0 Å². The van der Waals surface area contributed by atoms with Gasteiger partial charge in [-0.15, -0.1) is 0 Å². The number of benzene rings is 2. The molecule has 238 valence electrons. The quantitative estimate of drug-likeness (QED) is 0.209. The maximum Gasteiger partial charge on any atom is 0.309 e. The summed E-state index contributed by atoms with van der Waals surface area (Å²) in [5.41, 5.74) is 0.800. The third kappa shape index (κ3) is 7.24. The highest BCUT2D eigenvalue weighted by Crippen LogP contribution is 2.42. The van der Waals surface area contributed by atoms with Crippen LogP contribution in [0.1, 0.15) is 43.0 Å². The largest absolute Gasteiger partial charge is 0.497 e. The number of fused-ring (bicyclic) bond motifs is 1. The Balaban J connectivity index is 1.25. The molecule has 0 amide bonds. The highest BCUT2D eigenvalue weighted by atomic mass is 19.2. The number of likely N-dealkylation sites (tertiary alicyclic amines) is 1. The first-order valence-corrected chi connectivity index (χ1v) is 14.8. The lowest BCUT2D eigenvalue weighted by atomic mass is 9.74. The second-order valence-electron chi connectivity index (χ2n) is 11.5. The van der Waals surface area contributed by atoms with Gasteiger partial charge in [0.2, 0.25) is 5.82 Å². The Kier molecular flexibility index (Phi) is 10.2. The van der Waals surface area contributed by atoms with Gasteiger partial charge >= 0.3 is 5.97 Å². The maximum absolute atomic E-state index is 16.4. The van der Waals surface area contributed by atoms with E-state index in [0.717, 1.165) is 24.7 Å². The van der Waals surface area contributed by atoms with Gasteiger partial charge in [0.15, 0.2) is 11.6 Å². The topological polar surface area (TPSA) is 84.4 Å². The third-order valence-electron chi connectivity index (χ3n) is 8.78. The van der Waals surface area contributed by atoms with Crippen LogP contribution in [-0.2, 0) is 16.1 Å². The summed E-state index contributed by atoms with van der Waals surface area (Å²) >= 11 is 0. The first-order valence-electron chi connectivity index (χ1n) is 14.8. The average Bonchev–Trinajstić information content (AvgIpc) is 3.02. The second-order valence-corrected chi connectivity index (χ2v) is 11.5. The number of aliphatic carboxylic acids is 1. The molecule has 0 aliphatic carbocycles. The van der Waals surface area contributed by atoms with Gasteiger partial charge in [-0.3, -0.25) is 19.6 Å². The van der Waals surface area contributed by atoms with Gasteiger partial charge in [0.1, 0.15) is 24.3 Å². The van der Waals surface area contributed by atoms with Gasteiger partial charge < -0.3 is 19.3 Å². The van der Waals surface area contributed by atoms with Crippen molar-refractivity contribution >= 4 is 16.9 Å². The Hall–Kier alpha value is -3.48. The molecule has 1 N–H and O–H groups in total. The molecular formula is C32H37F4N3O5. The molecule has 0 spiro atoms. The molecule has 44 heavy (non-hydrogen) atoms. The normalized spacial score (nSPS) is 18.3. The van der Waals surface area contributed by atoms with Crippen LogP contribution in [-0.4, -0.2) is 85.5 Å². The van der Waals surface area contributed by atoms with Crippen molar-refractivity contribution in [3.63, 3.8) is 0 Å². The predicted octanol–water partition coefficient (Wildman–Crippen LogP) is 5.53.